The maximum atomic E-state index is 4.93. The summed E-state index contributed by atoms with van der Waals surface area (Å²) in [6, 6.07) is 115. The van der Waals surface area contributed by atoms with E-state index in [9.17, 15) is 0 Å². The summed E-state index contributed by atoms with van der Waals surface area (Å²) in [6.07, 6.45) is 12.2. The van der Waals surface area contributed by atoms with Gasteiger partial charge >= 0.3 is 0 Å². The first-order valence-electron chi connectivity index (χ1n) is 34.1. The quantitative estimate of drug-likeness (QED) is 0.104. The monoisotopic (exact) mass is 1320 g/mol. The van der Waals surface area contributed by atoms with Gasteiger partial charge in [-0.2, -0.15) is 25.5 Å². The van der Waals surface area contributed by atoms with Gasteiger partial charge in [-0.05, 0) is 133 Å². The molecular weight excluding hydrogens is 1270 g/mol. The average molecular weight is 1330 g/mol. The molecule has 12 aromatic heterocycles. The summed E-state index contributed by atoms with van der Waals surface area (Å²) >= 11 is 0. The van der Waals surface area contributed by atoms with E-state index in [1.165, 1.54) is 58.5 Å². The SMILES string of the molecule is c1cc(-c2cc3cc4ccccc4cn3n2)nc(-c2cc3cc4ccccc4cn3n2)c1.c1ccc([Si](c2ccccc2)(c2ccccc2)c2ccc(-c3cc4cc5ccccc5cn4n3)cc2)cc1.c1ccc2cn3nc(-c4ccc(-c5cc6cc7ccccc7cn6n5)nc4)cc3cc2c1. The predicted octanol–water partition coefficient (Wildman–Crippen LogP) is 17.6. The molecule has 0 spiro atoms. The van der Waals surface area contributed by atoms with Gasteiger partial charge < -0.3 is 0 Å². The standard InChI is InChI=1S/C35H26N2Si.2C27H17N5/c1-4-14-31(15-5-1)38(32-16-6-2-7-17-32,33-18-8-3-9-19-33)34-22-20-27(21-23-34)35-25-30-24-28-12-10-11-13-29(28)26-37(30)36-35;1-3-8-20-16-31-22(12-18(20)6-1)14-26(29-31)24-10-5-11-25(28-24)27-15-23-13-19-7-2-4-9-21(19)17-32(23)30-27;1-3-7-21-16-31-23(11-18(21)5-1)13-26(29-31)20-9-10-25(28-15-20)27-14-24-12-19-6-2-4-8-22(19)17-32(24)30-27/h1-26H;2*1-17H. The third kappa shape index (κ3) is 10.9. The van der Waals surface area contributed by atoms with Crippen LogP contribution in [-0.2, 0) is 0 Å². The second-order valence-electron chi connectivity index (χ2n) is 25.8. The summed E-state index contributed by atoms with van der Waals surface area (Å²) in [7, 11) is -2.51. The second-order valence-corrected chi connectivity index (χ2v) is 29.6. The zero-order valence-electron chi connectivity index (χ0n) is 55.0. The Hall–Kier alpha value is -13.8. The van der Waals surface area contributed by atoms with Crippen molar-refractivity contribution in [2.45, 2.75) is 0 Å². The maximum Gasteiger partial charge on any atom is 0.179 e. The van der Waals surface area contributed by atoms with E-state index in [-0.39, 0.29) is 0 Å². The van der Waals surface area contributed by atoms with Crippen LogP contribution in [0, 0.1) is 0 Å². The molecule has 0 fully saturated rings. The molecule has 0 saturated carbocycles. The van der Waals surface area contributed by atoms with Crippen molar-refractivity contribution in [2.75, 3.05) is 0 Å². The van der Waals surface area contributed by atoms with E-state index >= 15 is 0 Å². The number of rotatable bonds is 9. The zero-order valence-corrected chi connectivity index (χ0v) is 56.0. The lowest BCUT2D eigenvalue weighted by Crippen LogP contribution is -2.74. The van der Waals surface area contributed by atoms with Crippen molar-refractivity contribution < 1.29 is 0 Å². The van der Waals surface area contributed by atoms with Crippen molar-refractivity contribution in [3.8, 4) is 56.7 Å². The van der Waals surface area contributed by atoms with Crippen molar-refractivity contribution in [3.63, 3.8) is 0 Å². The van der Waals surface area contributed by atoms with Gasteiger partial charge in [0.15, 0.2) is 8.07 Å². The first kappa shape index (κ1) is 59.5. The van der Waals surface area contributed by atoms with E-state index in [2.05, 4.69) is 310 Å². The summed E-state index contributed by atoms with van der Waals surface area (Å²) in [5, 5.41) is 41.4. The van der Waals surface area contributed by atoms with Gasteiger partial charge in [0.25, 0.3) is 0 Å². The molecule has 0 saturated heterocycles. The molecule has 12 nitrogen and oxygen atoms in total. The minimum Gasteiger partial charge on any atom is -0.254 e. The second kappa shape index (κ2) is 25.0. The molecule has 12 heterocycles. The van der Waals surface area contributed by atoms with Crippen LogP contribution in [0.1, 0.15) is 0 Å². The summed E-state index contributed by atoms with van der Waals surface area (Å²) in [4.78, 5) is 9.58. The van der Waals surface area contributed by atoms with Crippen LogP contribution in [0.2, 0.25) is 0 Å². The fourth-order valence-electron chi connectivity index (χ4n) is 14.4. The zero-order chi connectivity index (χ0) is 67.5. The van der Waals surface area contributed by atoms with Crippen LogP contribution in [0.3, 0.4) is 0 Å². The lowest BCUT2D eigenvalue weighted by atomic mass is 10.1. The molecule has 0 amide bonds. The fraction of sp³-hybridized carbons (Fsp3) is 0. The molecule has 0 bridgehead atoms. The molecule has 102 heavy (non-hydrogen) atoms. The molecule has 21 aromatic rings. The van der Waals surface area contributed by atoms with Crippen molar-refractivity contribution in [2.24, 2.45) is 0 Å². The molecule has 0 aliphatic rings. The Morgan fingerprint density at radius 1 is 0.196 bits per heavy atom. The van der Waals surface area contributed by atoms with Gasteiger partial charge in [-0.3, -0.25) is 4.98 Å². The van der Waals surface area contributed by atoms with Crippen LogP contribution in [-0.4, -0.2) is 66.1 Å². The topological polar surface area (TPSA) is 112 Å². The van der Waals surface area contributed by atoms with Gasteiger partial charge in [-0.15, -0.1) is 0 Å². The number of benzene rings is 9. The Kier molecular flexibility index (Phi) is 14.6. The maximum absolute atomic E-state index is 4.93. The Morgan fingerprint density at radius 2 is 0.471 bits per heavy atom. The Balaban J connectivity index is 0.000000106. The minimum absolute atomic E-state index is 0.831. The molecule has 0 N–H and O–H groups in total. The summed E-state index contributed by atoms with van der Waals surface area (Å²) < 4.78 is 9.67. The van der Waals surface area contributed by atoms with Gasteiger partial charge in [0.1, 0.15) is 17.1 Å². The summed E-state index contributed by atoms with van der Waals surface area (Å²) in [5.74, 6) is 0. The van der Waals surface area contributed by atoms with E-state index in [4.69, 9.17) is 35.5 Å². The Morgan fingerprint density at radius 3 is 0.804 bits per heavy atom. The van der Waals surface area contributed by atoms with Crippen LogP contribution >= 0.6 is 0 Å². The van der Waals surface area contributed by atoms with Crippen LogP contribution < -0.4 is 20.7 Å². The molecule has 0 unspecified atom stereocenters. The summed E-state index contributed by atoms with van der Waals surface area (Å²) in [6.45, 7) is 0. The van der Waals surface area contributed by atoms with Crippen LogP contribution in [0.15, 0.2) is 365 Å². The number of hydrogen-bond donors (Lipinski definition) is 0. The average Bonchev–Trinajstić information content (AvgIpc) is 1.19. The predicted molar refractivity (Wildman–Crippen MR) is 417 cm³/mol. The number of hydrogen-bond acceptors (Lipinski definition) is 7. The third-order valence-electron chi connectivity index (χ3n) is 19.5. The third-order valence-corrected chi connectivity index (χ3v) is 24.3. The van der Waals surface area contributed by atoms with Gasteiger partial charge in [-0.25, -0.2) is 27.6 Å². The lowest BCUT2D eigenvalue weighted by Gasteiger charge is -2.34. The smallest absolute Gasteiger partial charge is 0.179 e. The minimum atomic E-state index is -2.51. The molecule has 0 aliphatic carbocycles. The first-order valence-corrected chi connectivity index (χ1v) is 36.1. The highest BCUT2D eigenvalue weighted by molar-refractivity contribution is 7.19. The van der Waals surface area contributed by atoms with Crippen LogP contribution in [0.4, 0.5) is 0 Å². The number of aromatic nitrogens is 12. The number of pyridine rings is 7. The highest BCUT2D eigenvalue weighted by Crippen LogP contribution is 2.30. The molecular formula is C89H60N12Si. The molecule has 480 valence electrons. The van der Waals surface area contributed by atoms with E-state index in [0.717, 1.165) is 100 Å². The Labute approximate surface area is 586 Å². The van der Waals surface area contributed by atoms with E-state index < -0.39 is 8.07 Å². The fourth-order valence-corrected chi connectivity index (χ4v) is 19.1. The largest absolute Gasteiger partial charge is 0.254 e. The van der Waals surface area contributed by atoms with Crippen molar-refractivity contribution in [1.82, 2.24) is 58.0 Å². The number of fused-ring (bicyclic) bond motifs is 10. The lowest BCUT2D eigenvalue weighted by molar-refractivity contribution is 0.965. The van der Waals surface area contributed by atoms with Crippen LogP contribution in [0.25, 0.3) is 138 Å². The van der Waals surface area contributed by atoms with E-state index in [0.29, 0.717) is 0 Å². The van der Waals surface area contributed by atoms with Gasteiger partial charge in [0, 0.05) is 75.2 Å². The van der Waals surface area contributed by atoms with E-state index in [1.807, 2.05) is 77.3 Å². The highest BCUT2D eigenvalue weighted by Gasteiger charge is 2.41. The first-order chi connectivity index (χ1) is 50.4. The van der Waals surface area contributed by atoms with Gasteiger partial charge in [0.2, 0.25) is 0 Å². The summed E-state index contributed by atoms with van der Waals surface area (Å²) in [5.41, 5.74) is 14.4. The van der Waals surface area contributed by atoms with Gasteiger partial charge in [0.05, 0.1) is 56.1 Å². The van der Waals surface area contributed by atoms with Crippen molar-refractivity contribution in [3.05, 3.63) is 365 Å². The molecule has 0 atom stereocenters. The van der Waals surface area contributed by atoms with Crippen molar-refractivity contribution in [1.29, 1.82) is 0 Å². The molecule has 0 radical (unpaired) electrons. The number of nitrogens with zero attached hydrogens (tertiary/aromatic N) is 12. The van der Waals surface area contributed by atoms with Gasteiger partial charge in [-0.1, -0.05) is 243 Å². The molecule has 21 rings (SSSR count). The van der Waals surface area contributed by atoms with Crippen LogP contribution in [0.5, 0.6) is 0 Å². The van der Waals surface area contributed by atoms with E-state index in [1.54, 1.807) is 0 Å². The molecule has 13 heteroatoms. The molecule has 0 aliphatic heterocycles. The molecule has 9 aromatic carbocycles. The Bertz CT molecular complexity index is 6080. The normalized spacial score (nSPS) is 11.7. The van der Waals surface area contributed by atoms with Crippen molar-refractivity contribution >= 4 is 110 Å². The highest BCUT2D eigenvalue weighted by atomic mass is 28.3.